The van der Waals surface area contributed by atoms with Crippen LogP contribution in [0.5, 0.6) is 0 Å². The number of hydrogen-bond donors (Lipinski definition) is 2. The number of unbranched alkanes of at least 4 members (excludes halogenated alkanes) is 1. The van der Waals surface area contributed by atoms with Gasteiger partial charge in [-0.3, -0.25) is 5.32 Å². The second-order valence-corrected chi connectivity index (χ2v) is 1.64. The molecule has 0 heterocycles. The van der Waals surface area contributed by atoms with E-state index in [1.807, 2.05) is 6.92 Å². The molecule has 0 aliphatic heterocycles. The summed E-state index contributed by atoms with van der Waals surface area (Å²) in [4.78, 5) is 9.80. The van der Waals surface area contributed by atoms with Gasteiger partial charge in [-0.05, 0) is 6.42 Å². The first-order chi connectivity index (χ1) is 4.27. The maximum absolute atomic E-state index is 9.80. The van der Waals surface area contributed by atoms with Gasteiger partial charge in [-0.25, -0.2) is 4.79 Å². The van der Waals surface area contributed by atoms with Gasteiger partial charge in [0.15, 0.2) is 0 Å². The maximum atomic E-state index is 9.80. The van der Waals surface area contributed by atoms with E-state index in [4.69, 9.17) is 5.11 Å². The van der Waals surface area contributed by atoms with Gasteiger partial charge in [0.1, 0.15) is 0 Å². The summed E-state index contributed by atoms with van der Waals surface area (Å²) in [5.74, 6) is 0. The number of hydrogen-bond acceptors (Lipinski definition) is 1. The van der Waals surface area contributed by atoms with Crippen LogP contribution in [0.3, 0.4) is 0 Å². The summed E-state index contributed by atoms with van der Waals surface area (Å²) in [6, 6.07) is 0. The molecule has 3 nitrogen and oxygen atoms in total. The Hall–Kier alpha value is -0.990. The number of rotatable bonds is 3. The minimum absolute atomic E-state index is 0.917. The minimum atomic E-state index is -1.01. The van der Waals surface area contributed by atoms with Crippen molar-refractivity contribution in [2.24, 2.45) is 0 Å². The molecule has 0 aromatic rings. The molecule has 0 radical (unpaired) electrons. The fourth-order valence-electron chi connectivity index (χ4n) is 0.380. The fraction of sp³-hybridized carbons (Fsp3) is 0.500. The highest BCUT2D eigenvalue weighted by Gasteiger charge is 1.83. The summed E-state index contributed by atoms with van der Waals surface area (Å²) in [6.07, 6.45) is 4.17. The van der Waals surface area contributed by atoms with Crippen LogP contribution in [0.4, 0.5) is 4.79 Å². The number of allylic oxidation sites excluding steroid dienone is 1. The molecule has 0 aromatic carbocycles. The Morgan fingerprint density at radius 1 is 1.78 bits per heavy atom. The molecule has 0 atom stereocenters. The third-order valence-corrected chi connectivity index (χ3v) is 0.780. The lowest BCUT2D eigenvalue weighted by Gasteiger charge is -1.87. The zero-order valence-electron chi connectivity index (χ0n) is 5.42. The Morgan fingerprint density at radius 2 is 2.44 bits per heavy atom. The molecular formula is C6H11NO2. The summed E-state index contributed by atoms with van der Waals surface area (Å²) < 4.78 is 0. The van der Waals surface area contributed by atoms with Crippen LogP contribution in [0.2, 0.25) is 0 Å². The van der Waals surface area contributed by atoms with Crippen LogP contribution in [-0.4, -0.2) is 11.2 Å². The normalized spacial score (nSPS) is 9.89. The van der Waals surface area contributed by atoms with Gasteiger partial charge in [0.25, 0.3) is 0 Å². The smallest absolute Gasteiger partial charge is 0.408 e. The highest BCUT2D eigenvalue weighted by Crippen LogP contribution is 1.85. The second-order valence-electron chi connectivity index (χ2n) is 1.64. The predicted octanol–water partition coefficient (Wildman–Crippen LogP) is 1.57. The topological polar surface area (TPSA) is 49.3 Å². The lowest BCUT2D eigenvalue weighted by molar-refractivity contribution is 0.198. The minimum Gasteiger partial charge on any atom is -0.465 e. The van der Waals surface area contributed by atoms with Gasteiger partial charge < -0.3 is 5.11 Å². The molecule has 0 aromatic heterocycles. The second kappa shape index (κ2) is 5.15. The van der Waals surface area contributed by atoms with Crippen LogP contribution in [0.15, 0.2) is 12.3 Å². The van der Waals surface area contributed by atoms with E-state index >= 15 is 0 Å². The molecule has 0 saturated carbocycles. The molecule has 9 heavy (non-hydrogen) atoms. The molecule has 0 spiro atoms. The molecule has 0 saturated heterocycles. The van der Waals surface area contributed by atoms with Crippen LogP contribution in [0.25, 0.3) is 0 Å². The average molecular weight is 129 g/mol. The van der Waals surface area contributed by atoms with Gasteiger partial charge in [0, 0.05) is 6.20 Å². The van der Waals surface area contributed by atoms with E-state index in [0.717, 1.165) is 12.8 Å². The average Bonchev–Trinajstić information content (AvgIpc) is 1.80. The van der Waals surface area contributed by atoms with Crippen molar-refractivity contribution in [3.05, 3.63) is 12.3 Å². The van der Waals surface area contributed by atoms with E-state index in [1.54, 1.807) is 6.08 Å². The van der Waals surface area contributed by atoms with E-state index in [0.29, 0.717) is 0 Å². The number of carbonyl (C=O) groups is 1. The molecule has 52 valence electrons. The highest BCUT2D eigenvalue weighted by atomic mass is 16.4. The van der Waals surface area contributed by atoms with E-state index < -0.39 is 6.09 Å². The van der Waals surface area contributed by atoms with Crippen molar-refractivity contribution in [2.75, 3.05) is 0 Å². The fourth-order valence-corrected chi connectivity index (χ4v) is 0.380. The first kappa shape index (κ1) is 8.01. The Balaban J connectivity index is 3.14. The molecule has 3 heteroatoms. The monoisotopic (exact) mass is 129 g/mol. The van der Waals surface area contributed by atoms with Crippen LogP contribution in [0.1, 0.15) is 19.8 Å². The molecule has 0 unspecified atom stereocenters. The zero-order valence-corrected chi connectivity index (χ0v) is 5.42. The third-order valence-electron chi connectivity index (χ3n) is 0.780. The van der Waals surface area contributed by atoms with Gasteiger partial charge in [0.05, 0.1) is 0 Å². The molecule has 2 N–H and O–H groups in total. The molecule has 0 bridgehead atoms. The first-order valence-electron chi connectivity index (χ1n) is 2.92. The van der Waals surface area contributed by atoms with E-state index in [1.165, 1.54) is 6.20 Å². The molecule has 0 aliphatic carbocycles. The van der Waals surface area contributed by atoms with Crippen molar-refractivity contribution in [1.29, 1.82) is 0 Å². The first-order valence-corrected chi connectivity index (χ1v) is 2.92. The van der Waals surface area contributed by atoms with Crippen molar-refractivity contribution < 1.29 is 9.90 Å². The zero-order chi connectivity index (χ0) is 7.11. The van der Waals surface area contributed by atoms with Crippen LogP contribution in [-0.2, 0) is 0 Å². The van der Waals surface area contributed by atoms with Crippen molar-refractivity contribution >= 4 is 6.09 Å². The van der Waals surface area contributed by atoms with Crippen molar-refractivity contribution in [1.82, 2.24) is 5.32 Å². The van der Waals surface area contributed by atoms with E-state index in [-0.39, 0.29) is 0 Å². The highest BCUT2D eigenvalue weighted by molar-refractivity contribution is 5.65. The molecule has 0 fully saturated rings. The quantitative estimate of drug-likeness (QED) is 0.607. The summed E-state index contributed by atoms with van der Waals surface area (Å²) in [5, 5.41) is 10.2. The van der Waals surface area contributed by atoms with Gasteiger partial charge in [-0.1, -0.05) is 19.4 Å². The molecule has 0 rings (SSSR count). The Kier molecular flexibility index (Phi) is 4.59. The summed E-state index contributed by atoms with van der Waals surface area (Å²) in [5.41, 5.74) is 0. The largest absolute Gasteiger partial charge is 0.465 e. The van der Waals surface area contributed by atoms with Gasteiger partial charge >= 0.3 is 6.09 Å². The standard InChI is InChI=1S/C6H11NO2/c1-2-3-4-5-7-6(8)9/h4-5,7H,2-3H2,1H3,(H,8,9)/b5-4+. The van der Waals surface area contributed by atoms with Crippen LogP contribution in [0, 0.1) is 0 Å². The Labute approximate surface area is 54.4 Å². The van der Waals surface area contributed by atoms with Crippen molar-refractivity contribution in [3.63, 3.8) is 0 Å². The van der Waals surface area contributed by atoms with Gasteiger partial charge in [-0.2, -0.15) is 0 Å². The van der Waals surface area contributed by atoms with E-state index in [9.17, 15) is 4.79 Å². The Morgan fingerprint density at radius 3 is 2.89 bits per heavy atom. The SMILES string of the molecule is CCC/C=C/NC(=O)O. The van der Waals surface area contributed by atoms with Crippen LogP contribution >= 0.6 is 0 Å². The van der Waals surface area contributed by atoms with Crippen molar-refractivity contribution in [3.8, 4) is 0 Å². The Bertz CT molecular complexity index is 110. The molecule has 0 aliphatic rings. The van der Waals surface area contributed by atoms with Gasteiger partial charge in [-0.15, -0.1) is 0 Å². The van der Waals surface area contributed by atoms with Crippen LogP contribution < -0.4 is 5.32 Å². The number of nitrogens with one attached hydrogen (secondary N) is 1. The van der Waals surface area contributed by atoms with E-state index in [2.05, 4.69) is 5.32 Å². The number of amides is 1. The lowest BCUT2D eigenvalue weighted by atomic mass is 10.3. The molecule has 1 amide bonds. The molecular weight excluding hydrogens is 118 g/mol. The summed E-state index contributed by atoms with van der Waals surface area (Å²) in [7, 11) is 0. The maximum Gasteiger partial charge on any atom is 0.408 e. The lowest BCUT2D eigenvalue weighted by Crippen LogP contribution is -2.12. The van der Waals surface area contributed by atoms with Gasteiger partial charge in [0.2, 0.25) is 0 Å². The third kappa shape index (κ3) is 7.01. The summed E-state index contributed by atoms with van der Waals surface area (Å²) >= 11 is 0. The summed E-state index contributed by atoms with van der Waals surface area (Å²) in [6.45, 7) is 2.03. The predicted molar refractivity (Wildman–Crippen MR) is 35.2 cm³/mol. The van der Waals surface area contributed by atoms with Crippen molar-refractivity contribution in [2.45, 2.75) is 19.8 Å². The number of carboxylic acid groups (broad SMARTS) is 1.